The Morgan fingerprint density at radius 3 is 2.26 bits per heavy atom. The van der Waals surface area contributed by atoms with Crippen LogP contribution in [0.15, 0.2) is 34.9 Å². The van der Waals surface area contributed by atoms with E-state index in [1.807, 2.05) is 0 Å². The molecule has 0 spiro atoms. The average Bonchev–Trinajstić information content (AvgIpc) is 2.83. The molecular formula is C12H7F5O2. The number of halogens is 5. The van der Waals surface area contributed by atoms with Gasteiger partial charge in [0, 0.05) is 5.56 Å². The lowest BCUT2D eigenvalue weighted by molar-refractivity contribution is -0.140. The smallest absolute Gasteiger partial charge is 0.419 e. The largest absolute Gasteiger partial charge is 0.466 e. The van der Waals surface area contributed by atoms with E-state index in [2.05, 4.69) is 0 Å². The summed E-state index contributed by atoms with van der Waals surface area (Å²) in [6.45, 7) is 0. The van der Waals surface area contributed by atoms with Crippen LogP contribution in [-0.4, -0.2) is 5.11 Å². The Kier molecular flexibility index (Phi) is 3.32. The topological polar surface area (TPSA) is 33.4 Å². The molecule has 1 N–H and O–H groups in total. The average molecular weight is 278 g/mol. The Labute approximate surface area is 104 Å². The van der Waals surface area contributed by atoms with Crippen LogP contribution in [0, 0.1) is 11.6 Å². The Hall–Kier alpha value is -1.89. The molecule has 2 rings (SSSR count). The van der Waals surface area contributed by atoms with Gasteiger partial charge >= 0.3 is 6.18 Å². The Bertz CT molecular complexity index is 575. The monoisotopic (exact) mass is 278 g/mol. The number of aliphatic hydroxyl groups excluding tert-OH is 1. The van der Waals surface area contributed by atoms with Crippen LogP contribution in [-0.2, 0) is 6.18 Å². The fourth-order valence-corrected chi connectivity index (χ4v) is 1.59. The molecule has 1 heterocycles. The molecule has 0 saturated carbocycles. The van der Waals surface area contributed by atoms with E-state index in [0.717, 1.165) is 0 Å². The Morgan fingerprint density at radius 2 is 1.74 bits per heavy atom. The molecule has 0 bridgehead atoms. The zero-order valence-electron chi connectivity index (χ0n) is 9.21. The van der Waals surface area contributed by atoms with Crippen LogP contribution in [0.2, 0.25) is 0 Å². The Balaban J connectivity index is 2.48. The van der Waals surface area contributed by atoms with Gasteiger partial charge in [-0.25, -0.2) is 8.78 Å². The number of aliphatic hydroxyl groups is 1. The minimum Gasteiger partial charge on any atom is -0.466 e. The summed E-state index contributed by atoms with van der Waals surface area (Å²) in [6, 6.07) is 3.74. The van der Waals surface area contributed by atoms with Crippen LogP contribution < -0.4 is 0 Å². The molecule has 0 fully saturated rings. The van der Waals surface area contributed by atoms with Gasteiger partial charge in [0.2, 0.25) is 0 Å². The second kappa shape index (κ2) is 4.65. The van der Waals surface area contributed by atoms with E-state index in [-0.39, 0.29) is 5.76 Å². The lowest BCUT2D eigenvalue weighted by Crippen LogP contribution is -2.12. The molecule has 19 heavy (non-hydrogen) atoms. The molecule has 102 valence electrons. The molecule has 7 heteroatoms. The highest BCUT2D eigenvalue weighted by Crippen LogP contribution is 2.35. The predicted molar refractivity (Wildman–Crippen MR) is 54.1 cm³/mol. The lowest BCUT2D eigenvalue weighted by atomic mass is 10.0. The fraction of sp³-hybridized carbons (Fsp3) is 0.167. The van der Waals surface area contributed by atoms with Crippen LogP contribution in [0.1, 0.15) is 23.0 Å². The maximum Gasteiger partial charge on any atom is 0.419 e. The fourth-order valence-electron chi connectivity index (χ4n) is 1.59. The highest BCUT2D eigenvalue weighted by Gasteiger charge is 2.36. The highest BCUT2D eigenvalue weighted by atomic mass is 19.4. The molecular weight excluding hydrogens is 271 g/mol. The first kappa shape index (κ1) is 13.5. The highest BCUT2D eigenvalue weighted by molar-refractivity contribution is 5.32. The number of furan rings is 1. The zero-order valence-corrected chi connectivity index (χ0v) is 9.21. The first-order chi connectivity index (χ1) is 8.82. The van der Waals surface area contributed by atoms with Crippen LogP contribution in [0.25, 0.3) is 0 Å². The van der Waals surface area contributed by atoms with Gasteiger partial charge < -0.3 is 9.52 Å². The summed E-state index contributed by atoms with van der Waals surface area (Å²) >= 11 is 0. The van der Waals surface area contributed by atoms with Gasteiger partial charge in [-0.05, 0) is 18.2 Å². The van der Waals surface area contributed by atoms with E-state index in [1.165, 1.54) is 18.4 Å². The van der Waals surface area contributed by atoms with E-state index in [9.17, 15) is 27.1 Å². The first-order valence-electron chi connectivity index (χ1n) is 5.09. The van der Waals surface area contributed by atoms with Gasteiger partial charge in [0.05, 0.1) is 11.8 Å². The van der Waals surface area contributed by atoms with Gasteiger partial charge in [0.25, 0.3) is 0 Å². The lowest BCUT2D eigenvalue weighted by Gasteiger charge is -2.13. The van der Waals surface area contributed by atoms with Gasteiger partial charge in [-0.1, -0.05) is 6.07 Å². The van der Waals surface area contributed by atoms with Gasteiger partial charge in [-0.3, -0.25) is 0 Å². The summed E-state index contributed by atoms with van der Waals surface area (Å²) < 4.78 is 68.7. The third-order valence-electron chi connectivity index (χ3n) is 2.52. The molecule has 1 aromatic carbocycles. The van der Waals surface area contributed by atoms with Gasteiger partial charge in [-0.15, -0.1) is 0 Å². The van der Waals surface area contributed by atoms with Crippen molar-refractivity contribution in [3.63, 3.8) is 0 Å². The summed E-state index contributed by atoms with van der Waals surface area (Å²) in [5.41, 5.74) is -2.35. The van der Waals surface area contributed by atoms with Crippen molar-refractivity contribution in [3.05, 3.63) is 59.1 Å². The van der Waals surface area contributed by atoms with E-state index in [4.69, 9.17) is 4.42 Å². The summed E-state index contributed by atoms with van der Waals surface area (Å²) in [6.07, 6.45) is -5.48. The van der Waals surface area contributed by atoms with Crippen molar-refractivity contribution >= 4 is 0 Å². The third kappa shape index (κ3) is 2.46. The summed E-state index contributed by atoms with van der Waals surface area (Å²) in [5.74, 6) is -3.90. The minimum absolute atomic E-state index is 0.0990. The molecule has 2 nitrogen and oxygen atoms in total. The SMILES string of the molecule is OC(c1ccco1)c1ccc(C(F)(F)F)c(F)c1F. The third-order valence-corrected chi connectivity index (χ3v) is 2.52. The molecule has 1 atom stereocenters. The van der Waals surface area contributed by atoms with Gasteiger partial charge in [0.1, 0.15) is 11.9 Å². The maximum atomic E-state index is 13.6. The van der Waals surface area contributed by atoms with Crippen LogP contribution >= 0.6 is 0 Å². The van der Waals surface area contributed by atoms with Crippen molar-refractivity contribution in [1.29, 1.82) is 0 Å². The molecule has 0 saturated heterocycles. The van der Waals surface area contributed by atoms with Crippen molar-refractivity contribution in [2.24, 2.45) is 0 Å². The zero-order chi connectivity index (χ0) is 14.2. The molecule has 2 aromatic rings. The Morgan fingerprint density at radius 1 is 1.05 bits per heavy atom. The van der Waals surface area contributed by atoms with Crippen LogP contribution in [0.3, 0.4) is 0 Å². The summed E-state index contributed by atoms with van der Waals surface area (Å²) in [7, 11) is 0. The predicted octanol–water partition coefficient (Wildman–Crippen LogP) is 3.66. The van der Waals surface area contributed by atoms with Crippen molar-refractivity contribution < 1.29 is 31.5 Å². The van der Waals surface area contributed by atoms with Gasteiger partial charge in [0.15, 0.2) is 11.6 Å². The summed E-state index contributed by atoms with van der Waals surface area (Å²) in [5, 5.41) is 9.70. The number of rotatable bonds is 2. The van der Waals surface area contributed by atoms with Crippen LogP contribution in [0.5, 0.6) is 0 Å². The molecule has 0 aliphatic heterocycles. The quantitative estimate of drug-likeness (QED) is 0.850. The standard InChI is InChI=1S/C12H7F5O2/c13-9-6(11(18)8-2-1-5-19-8)3-4-7(10(9)14)12(15,16)17/h1-5,11,18H. The normalized spacial score (nSPS) is 13.6. The molecule has 0 aliphatic carbocycles. The van der Waals surface area contributed by atoms with Gasteiger partial charge in [-0.2, -0.15) is 13.2 Å². The number of alkyl halides is 3. The second-order valence-electron chi connectivity index (χ2n) is 3.75. The first-order valence-corrected chi connectivity index (χ1v) is 5.09. The van der Waals surface area contributed by atoms with Crippen LogP contribution in [0.4, 0.5) is 22.0 Å². The van der Waals surface area contributed by atoms with Crippen molar-refractivity contribution in [2.75, 3.05) is 0 Å². The molecule has 1 aromatic heterocycles. The maximum absolute atomic E-state index is 13.6. The molecule has 0 radical (unpaired) electrons. The van der Waals surface area contributed by atoms with Crippen molar-refractivity contribution in [3.8, 4) is 0 Å². The molecule has 0 amide bonds. The van der Waals surface area contributed by atoms with E-state index >= 15 is 0 Å². The van der Waals surface area contributed by atoms with E-state index in [1.54, 1.807) is 0 Å². The number of benzene rings is 1. The number of hydrogen-bond donors (Lipinski definition) is 1. The van der Waals surface area contributed by atoms with Crippen molar-refractivity contribution in [1.82, 2.24) is 0 Å². The second-order valence-corrected chi connectivity index (χ2v) is 3.75. The number of hydrogen-bond acceptors (Lipinski definition) is 2. The summed E-state index contributed by atoms with van der Waals surface area (Å²) in [4.78, 5) is 0. The van der Waals surface area contributed by atoms with E-state index < -0.39 is 35.0 Å². The molecule has 1 unspecified atom stereocenters. The molecule has 0 aliphatic rings. The van der Waals surface area contributed by atoms with Crippen molar-refractivity contribution in [2.45, 2.75) is 12.3 Å². The van der Waals surface area contributed by atoms with E-state index in [0.29, 0.717) is 12.1 Å². The minimum atomic E-state index is -5.00.